The molecule has 0 saturated heterocycles. The molecule has 0 unspecified atom stereocenters. The topological polar surface area (TPSA) is 71.5 Å². The molecule has 0 spiro atoms. The molecular weight excluding hydrogens is 410 g/mol. The van der Waals surface area contributed by atoms with Crippen molar-refractivity contribution in [3.05, 3.63) is 70.7 Å². The number of amides is 2. The molecule has 160 valence electrons. The largest absolute Gasteiger partial charge is 0.496 e. The van der Waals surface area contributed by atoms with E-state index in [1.54, 1.807) is 12.5 Å². The summed E-state index contributed by atoms with van der Waals surface area (Å²) < 4.78 is 5.37. The average Bonchev–Trinajstić information content (AvgIpc) is 3.31. The van der Waals surface area contributed by atoms with Gasteiger partial charge in [0.25, 0.3) is 5.91 Å². The maximum Gasteiger partial charge on any atom is 0.270 e. The van der Waals surface area contributed by atoms with Gasteiger partial charge in [0.15, 0.2) is 0 Å². The quantitative estimate of drug-likeness (QED) is 0.571. The Morgan fingerprint density at radius 1 is 1.13 bits per heavy atom. The van der Waals surface area contributed by atoms with E-state index in [1.807, 2.05) is 41.3 Å². The second-order valence-electron chi connectivity index (χ2n) is 7.43. The van der Waals surface area contributed by atoms with Gasteiger partial charge in [-0.1, -0.05) is 36.4 Å². The van der Waals surface area contributed by atoms with E-state index < -0.39 is 0 Å². The number of aromatic nitrogens is 1. The monoisotopic (exact) mass is 435 g/mol. The molecule has 2 heterocycles. The fourth-order valence-electron chi connectivity index (χ4n) is 3.72. The van der Waals surface area contributed by atoms with Gasteiger partial charge in [-0.05, 0) is 36.1 Å². The number of nitrogens with one attached hydrogen (secondary N) is 1. The fraction of sp³-hybridized carbons (Fsp3) is 0.292. The lowest BCUT2D eigenvalue weighted by molar-refractivity contribution is -0.132. The molecule has 0 radical (unpaired) electrons. The van der Waals surface area contributed by atoms with Gasteiger partial charge in [0.1, 0.15) is 16.5 Å². The van der Waals surface area contributed by atoms with Crippen molar-refractivity contribution in [1.82, 2.24) is 15.2 Å². The molecule has 1 aliphatic rings. The third-order valence-corrected chi connectivity index (χ3v) is 6.29. The maximum atomic E-state index is 12.5. The summed E-state index contributed by atoms with van der Waals surface area (Å²) in [6.45, 7) is 1.87. The molecule has 31 heavy (non-hydrogen) atoms. The Morgan fingerprint density at radius 3 is 2.74 bits per heavy atom. The number of para-hydroxylation sites is 1. The van der Waals surface area contributed by atoms with Gasteiger partial charge in [0.2, 0.25) is 5.91 Å². The lowest BCUT2D eigenvalue weighted by Gasteiger charge is -2.29. The van der Waals surface area contributed by atoms with E-state index in [2.05, 4.69) is 22.4 Å². The summed E-state index contributed by atoms with van der Waals surface area (Å²) in [5, 5.41) is 5.35. The van der Waals surface area contributed by atoms with Gasteiger partial charge in [-0.3, -0.25) is 9.59 Å². The van der Waals surface area contributed by atoms with E-state index >= 15 is 0 Å². The molecule has 1 aliphatic heterocycles. The number of nitrogens with zero attached hydrogens (tertiary/aromatic N) is 2. The minimum atomic E-state index is -0.225. The Labute approximate surface area is 185 Å². The van der Waals surface area contributed by atoms with Crippen LogP contribution < -0.4 is 10.1 Å². The van der Waals surface area contributed by atoms with Crippen LogP contribution in [0.3, 0.4) is 0 Å². The normalized spacial score (nSPS) is 12.9. The molecule has 2 amide bonds. The van der Waals surface area contributed by atoms with E-state index in [1.165, 1.54) is 22.5 Å². The lowest BCUT2D eigenvalue weighted by Crippen LogP contribution is -2.36. The Kier molecular flexibility index (Phi) is 6.62. The highest BCUT2D eigenvalue weighted by atomic mass is 32.1. The lowest BCUT2D eigenvalue weighted by atomic mass is 9.99. The molecule has 0 saturated carbocycles. The molecule has 6 nitrogen and oxygen atoms in total. The highest BCUT2D eigenvalue weighted by Crippen LogP contribution is 2.31. The summed E-state index contributed by atoms with van der Waals surface area (Å²) in [6.07, 6.45) is 1.93. The summed E-state index contributed by atoms with van der Waals surface area (Å²) in [5.41, 5.74) is 3.80. The van der Waals surface area contributed by atoms with E-state index in [4.69, 9.17) is 4.74 Å². The second-order valence-corrected chi connectivity index (χ2v) is 8.29. The van der Waals surface area contributed by atoms with Gasteiger partial charge in [0, 0.05) is 31.4 Å². The Balaban J connectivity index is 1.25. The van der Waals surface area contributed by atoms with Crippen LogP contribution in [0.2, 0.25) is 0 Å². The molecule has 2 aromatic carbocycles. The van der Waals surface area contributed by atoms with Crippen LogP contribution in [-0.4, -0.2) is 41.9 Å². The number of methoxy groups -OCH3 is 1. The van der Waals surface area contributed by atoms with Gasteiger partial charge in [-0.25, -0.2) is 4.98 Å². The van der Waals surface area contributed by atoms with E-state index in [0.29, 0.717) is 31.6 Å². The van der Waals surface area contributed by atoms with Crippen molar-refractivity contribution in [3.8, 4) is 16.3 Å². The number of hydrogen-bond donors (Lipinski definition) is 1. The van der Waals surface area contributed by atoms with Crippen LogP contribution in [0.5, 0.6) is 5.75 Å². The standard InChI is InChI=1S/C24H25N3O3S/c1-30-21-10-5-4-9-19(21)24-26-20(16-31-24)23(29)25-13-6-11-22(28)27-14-12-17-7-2-3-8-18(17)15-27/h2-5,7-10,16H,6,11-15H2,1H3,(H,25,29). The number of rotatable bonds is 7. The average molecular weight is 436 g/mol. The zero-order valence-electron chi connectivity index (χ0n) is 17.5. The Bertz CT molecular complexity index is 1080. The third kappa shape index (κ3) is 4.94. The number of carbonyl (C=O) groups excluding carboxylic acids is 2. The van der Waals surface area contributed by atoms with Gasteiger partial charge in [0.05, 0.1) is 12.7 Å². The number of hydrogen-bond acceptors (Lipinski definition) is 5. The summed E-state index contributed by atoms with van der Waals surface area (Å²) in [5.74, 6) is 0.635. The first-order valence-electron chi connectivity index (χ1n) is 10.4. The smallest absolute Gasteiger partial charge is 0.270 e. The van der Waals surface area contributed by atoms with Crippen molar-refractivity contribution >= 4 is 23.2 Å². The predicted octanol–water partition coefficient (Wildman–Crippen LogP) is 3.91. The minimum Gasteiger partial charge on any atom is -0.496 e. The Morgan fingerprint density at radius 2 is 1.90 bits per heavy atom. The molecule has 4 rings (SSSR count). The molecule has 7 heteroatoms. The zero-order valence-corrected chi connectivity index (χ0v) is 18.3. The molecule has 0 fully saturated rings. The van der Waals surface area contributed by atoms with E-state index in [0.717, 1.165) is 29.3 Å². The molecule has 0 aliphatic carbocycles. The first kappa shape index (κ1) is 21.1. The number of fused-ring (bicyclic) bond motifs is 1. The number of benzene rings is 2. The molecule has 1 aromatic heterocycles. The van der Waals surface area contributed by atoms with Gasteiger partial charge in [-0.2, -0.15) is 0 Å². The minimum absolute atomic E-state index is 0.135. The van der Waals surface area contributed by atoms with Crippen molar-refractivity contribution in [2.24, 2.45) is 0 Å². The van der Waals surface area contributed by atoms with Crippen molar-refractivity contribution in [3.63, 3.8) is 0 Å². The molecule has 3 aromatic rings. The highest BCUT2D eigenvalue weighted by Gasteiger charge is 2.20. The Hall–Kier alpha value is -3.19. The molecule has 0 bridgehead atoms. The number of thiazole rings is 1. The van der Waals surface area contributed by atoms with E-state index in [9.17, 15) is 9.59 Å². The van der Waals surface area contributed by atoms with Crippen LogP contribution in [0.25, 0.3) is 10.6 Å². The number of carbonyl (C=O) groups is 2. The van der Waals surface area contributed by atoms with Crippen molar-refractivity contribution in [2.75, 3.05) is 20.2 Å². The first-order chi connectivity index (χ1) is 15.2. The first-order valence-corrected chi connectivity index (χ1v) is 11.3. The summed E-state index contributed by atoms with van der Waals surface area (Å²) in [7, 11) is 1.62. The van der Waals surface area contributed by atoms with Crippen molar-refractivity contribution < 1.29 is 14.3 Å². The van der Waals surface area contributed by atoms with Crippen LogP contribution >= 0.6 is 11.3 Å². The van der Waals surface area contributed by atoms with Crippen molar-refractivity contribution in [2.45, 2.75) is 25.8 Å². The van der Waals surface area contributed by atoms with Crippen LogP contribution in [0.1, 0.15) is 34.5 Å². The highest BCUT2D eigenvalue weighted by molar-refractivity contribution is 7.13. The summed E-state index contributed by atoms with van der Waals surface area (Å²) >= 11 is 1.41. The third-order valence-electron chi connectivity index (χ3n) is 5.41. The van der Waals surface area contributed by atoms with E-state index in [-0.39, 0.29) is 11.8 Å². The molecule has 1 N–H and O–H groups in total. The fourth-order valence-corrected chi connectivity index (χ4v) is 4.55. The predicted molar refractivity (Wildman–Crippen MR) is 121 cm³/mol. The summed E-state index contributed by atoms with van der Waals surface area (Å²) in [6, 6.07) is 15.9. The zero-order chi connectivity index (χ0) is 21.6. The molecular formula is C24H25N3O3S. The van der Waals surface area contributed by atoms with Gasteiger partial charge >= 0.3 is 0 Å². The second kappa shape index (κ2) is 9.75. The summed E-state index contributed by atoms with van der Waals surface area (Å²) in [4.78, 5) is 31.3. The van der Waals surface area contributed by atoms with Crippen LogP contribution in [0.15, 0.2) is 53.9 Å². The van der Waals surface area contributed by atoms with Gasteiger partial charge < -0.3 is 15.0 Å². The SMILES string of the molecule is COc1ccccc1-c1nc(C(=O)NCCCC(=O)N2CCc3ccccc3C2)cs1. The van der Waals surface area contributed by atoms with Crippen molar-refractivity contribution in [1.29, 1.82) is 0 Å². The maximum absolute atomic E-state index is 12.5. The molecule has 0 atom stereocenters. The van der Waals surface area contributed by atoms with Gasteiger partial charge in [-0.15, -0.1) is 11.3 Å². The van der Waals surface area contributed by atoms with Crippen LogP contribution in [0, 0.1) is 0 Å². The van der Waals surface area contributed by atoms with Crippen LogP contribution in [0.4, 0.5) is 0 Å². The number of ether oxygens (including phenoxy) is 1. The van der Waals surface area contributed by atoms with Crippen LogP contribution in [-0.2, 0) is 17.8 Å².